The zero-order valence-electron chi connectivity index (χ0n) is 9.68. The van der Waals surface area contributed by atoms with Crippen LogP contribution in [0.25, 0.3) is 5.82 Å². The monoisotopic (exact) mass is 217 g/mol. The Bertz CT molecular complexity index is 503. The lowest BCUT2D eigenvalue weighted by Crippen LogP contribution is -2.05. The van der Waals surface area contributed by atoms with Crippen LogP contribution in [-0.2, 0) is 0 Å². The minimum absolute atomic E-state index is 0.536. The van der Waals surface area contributed by atoms with Crippen LogP contribution in [0, 0.1) is 13.8 Å². The van der Waals surface area contributed by atoms with Gasteiger partial charge < -0.3 is 5.11 Å². The van der Waals surface area contributed by atoms with Gasteiger partial charge in [0.1, 0.15) is 12.1 Å². The van der Waals surface area contributed by atoms with Gasteiger partial charge in [-0.2, -0.15) is 0 Å². The highest BCUT2D eigenvalue weighted by atomic mass is 16.3. The maximum atomic E-state index is 9.69. The molecule has 84 valence electrons. The van der Waals surface area contributed by atoms with Gasteiger partial charge >= 0.3 is 0 Å². The van der Waals surface area contributed by atoms with E-state index in [2.05, 4.69) is 9.97 Å². The minimum atomic E-state index is -0.536. The SMILES string of the molecule is Cc1ncn(-c2ncccc2[C@@H](C)O)c1C. The van der Waals surface area contributed by atoms with Gasteiger partial charge in [0.05, 0.1) is 11.8 Å². The van der Waals surface area contributed by atoms with Crippen molar-refractivity contribution < 1.29 is 5.11 Å². The van der Waals surface area contributed by atoms with Crippen molar-refractivity contribution in [2.45, 2.75) is 26.9 Å². The molecular formula is C12H15N3O. The summed E-state index contributed by atoms with van der Waals surface area (Å²) in [6.07, 6.45) is 2.92. The molecule has 0 aliphatic heterocycles. The molecule has 0 amide bonds. The summed E-state index contributed by atoms with van der Waals surface area (Å²) in [4.78, 5) is 8.54. The first-order chi connectivity index (χ1) is 7.61. The number of nitrogens with zero attached hydrogens (tertiary/aromatic N) is 3. The van der Waals surface area contributed by atoms with E-state index in [1.54, 1.807) is 19.4 Å². The molecule has 2 heterocycles. The van der Waals surface area contributed by atoms with Crippen LogP contribution in [0.5, 0.6) is 0 Å². The molecule has 0 aromatic carbocycles. The van der Waals surface area contributed by atoms with Gasteiger partial charge in [0.2, 0.25) is 0 Å². The predicted molar refractivity (Wildman–Crippen MR) is 61.5 cm³/mol. The van der Waals surface area contributed by atoms with Gasteiger partial charge in [-0.3, -0.25) is 4.57 Å². The molecule has 2 aromatic heterocycles. The van der Waals surface area contributed by atoms with Gasteiger partial charge in [0.25, 0.3) is 0 Å². The average Bonchev–Trinajstić information content (AvgIpc) is 2.60. The lowest BCUT2D eigenvalue weighted by atomic mass is 10.1. The van der Waals surface area contributed by atoms with Gasteiger partial charge in [-0.1, -0.05) is 6.07 Å². The van der Waals surface area contributed by atoms with Crippen LogP contribution in [0.15, 0.2) is 24.7 Å². The quantitative estimate of drug-likeness (QED) is 0.836. The Morgan fingerprint density at radius 2 is 2.06 bits per heavy atom. The largest absolute Gasteiger partial charge is 0.389 e. The van der Waals surface area contributed by atoms with Crippen LogP contribution >= 0.6 is 0 Å². The second kappa shape index (κ2) is 4.06. The van der Waals surface area contributed by atoms with E-state index in [1.165, 1.54) is 0 Å². The fraction of sp³-hybridized carbons (Fsp3) is 0.333. The van der Waals surface area contributed by atoms with E-state index in [4.69, 9.17) is 0 Å². The molecule has 0 saturated carbocycles. The molecule has 0 saturated heterocycles. The van der Waals surface area contributed by atoms with E-state index in [-0.39, 0.29) is 0 Å². The number of imidazole rings is 1. The van der Waals surface area contributed by atoms with Crippen LogP contribution in [-0.4, -0.2) is 19.6 Å². The molecule has 0 spiro atoms. The number of aromatic nitrogens is 3. The molecule has 4 heteroatoms. The number of aryl methyl sites for hydroxylation is 1. The van der Waals surface area contributed by atoms with E-state index >= 15 is 0 Å². The first kappa shape index (κ1) is 10.8. The average molecular weight is 217 g/mol. The van der Waals surface area contributed by atoms with Crippen LogP contribution < -0.4 is 0 Å². The molecule has 16 heavy (non-hydrogen) atoms. The number of hydrogen-bond donors (Lipinski definition) is 1. The summed E-state index contributed by atoms with van der Waals surface area (Å²) >= 11 is 0. The molecular weight excluding hydrogens is 202 g/mol. The fourth-order valence-electron chi connectivity index (χ4n) is 1.65. The van der Waals surface area contributed by atoms with Crippen molar-refractivity contribution in [1.82, 2.24) is 14.5 Å². The highest BCUT2D eigenvalue weighted by molar-refractivity contribution is 5.37. The van der Waals surface area contributed by atoms with E-state index in [0.717, 1.165) is 22.8 Å². The third kappa shape index (κ3) is 1.72. The van der Waals surface area contributed by atoms with Crippen molar-refractivity contribution in [2.24, 2.45) is 0 Å². The molecule has 0 aliphatic carbocycles. The molecule has 4 nitrogen and oxygen atoms in total. The number of aliphatic hydroxyl groups excluding tert-OH is 1. The van der Waals surface area contributed by atoms with Crippen molar-refractivity contribution in [3.63, 3.8) is 0 Å². The van der Waals surface area contributed by atoms with Gasteiger partial charge in [-0.25, -0.2) is 9.97 Å². The lowest BCUT2D eigenvalue weighted by Gasteiger charge is -2.12. The van der Waals surface area contributed by atoms with Gasteiger partial charge in [-0.05, 0) is 26.8 Å². The van der Waals surface area contributed by atoms with Crippen LogP contribution in [0.3, 0.4) is 0 Å². The van der Waals surface area contributed by atoms with Crippen LogP contribution in [0.2, 0.25) is 0 Å². The number of pyridine rings is 1. The zero-order chi connectivity index (χ0) is 11.7. The van der Waals surface area contributed by atoms with E-state index < -0.39 is 6.10 Å². The Morgan fingerprint density at radius 1 is 1.31 bits per heavy atom. The molecule has 2 aromatic rings. The van der Waals surface area contributed by atoms with E-state index in [9.17, 15) is 5.11 Å². The summed E-state index contributed by atoms with van der Waals surface area (Å²) < 4.78 is 1.90. The number of hydrogen-bond acceptors (Lipinski definition) is 3. The van der Waals surface area contributed by atoms with Gasteiger partial charge in [-0.15, -0.1) is 0 Å². The highest BCUT2D eigenvalue weighted by Crippen LogP contribution is 2.21. The standard InChI is InChI=1S/C12H15N3O/c1-8-9(2)15(7-14-8)12-11(10(3)16)5-4-6-13-12/h4-7,10,16H,1-3H3/t10-/m1/s1. The third-order valence-corrected chi connectivity index (χ3v) is 2.75. The summed E-state index contributed by atoms with van der Waals surface area (Å²) in [6, 6.07) is 3.70. The maximum Gasteiger partial charge on any atom is 0.143 e. The molecule has 0 fully saturated rings. The van der Waals surface area contributed by atoms with E-state index in [0.29, 0.717) is 0 Å². The normalized spacial score (nSPS) is 12.8. The third-order valence-electron chi connectivity index (χ3n) is 2.75. The van der Waals surface area contributed by atoms with Crippen molar-refractivity contribution in [1.29, 1.82) is 0 Å². The first-order valence-electron chi connectivity index (χ1n) is 5.25. The van der Waals surface area contributed by atoms with Crippen molar-refractivity contribution in [2.75, 3.05) is 0 Å². The smallest absolute Gasteiger partial charge is 0.143 e. The van der Waals surface area contributed by atoms with Gasteiger partial charge in [0, 0.05) is 17.5 Å². The minimum Gasteiger partial charge on any atom is -0.389 e. The maximum absolute atomic E-state index is 9.69. The summed E-state index contributed by atoms with van der Waals surface area (Å²) in [5, 5.41) is 9.69. The lowest BCUT2D eigenvalue weighted by molar-refractivity contribution is 0.198. The van der Waals surface area contributed by atoms with Crippen molar-refractivity contribution >= 4 is 0 Å². The highest BCUT2D eigenvalue weighted by Gasteiger charge is 2.12. The Labute approximate surface area is 94.6 Å². The zero-order valence-corrected chi connectivity index (χ0v) is 9.68. The molecule has 1 atom stereocenters. The molecule has 0 radical (unpaired) electrons. The Balaban J connectivity index is 2.60. The molecule has 2 rings (SSSR count). The Morgan fingerprint density at radius 3 is 2.62 bits per heavy atom. The fourth-order valence-corrected chi connectivity index (χ4v) is 1.65. The number of aliphatic hydroxyl groups is 1. The summed E-state index contributed by atoms with van der Waals surface area (Å²) in [5.74, 6) is 0.746. The van der Waals surface area contributed by atoms with Gasteiger partial charge in [0.15, 0.2) is 0 Å². The number of rotatable bonds is 2. The topological polar surface area (TPSA) is 50.9 Å². The predicted octanol–water partition coefficient (Wildman–Crippen LogP) is 1.94. The molecule has 0 aliphatic rings. The van der Waals surface area contributed by atoms with Crippen molar-refractivity contribution in [3.05, 3.63) is 41.6 Å². The van der Waals surface area contributed by atoms with Crippen LogP contribution in [0.1, 0.15) is 30.0 Å². The molecule has 0 bridgehead atoms. The Kier molecular flexibility index (Phi) is 2.75. The van der Waals surface area contributed by atoms with E-state index in [1.807, 2.05) is 30.5 Å². The second-order valence-corrected chi connectivity index (χ2v) is 3.88. The van der Waals surface area contributed by atoms with Crippen molar-refractivity contribution in [3.8, 4) is 5.82 Å². The molecule has 0 unspecified atom stereocenters. The summed E-state index contributed by atoms with van der Waals surface area (Å²) in [6.45, 7) is 5.68. The summed E-state index contributed by atoms with van der Waals surface area (Å²) in [7, 11) is 0. The van der Waals surface area contributed by atoms with Crippen LogP contribution in [0.4, 0.5) is 0 Å². The second-order valence-electron chi connectivity index (χ2n) is 3.88. The Hall–Kier alpha value is -1.68. The molecule has 1 N–H and O–H groups in total. The summed E-state index contributed by atoms with van der Waals surface area (Å²) in [5.41, 5.74) is 2.82. The first-order valence-corrected chi connectivity index (χ1v) is 5.25.